The number of hydrogen-bond acceptors (Lipinski definition) is 2. The standard InChI is InChI=1S/C15H23O2PSi/c1-19(2,3)14-8-13-18(17,12-7-11-16)15-9-5-4-6-10-15/h4-6,9-10,16H,7,11-13H2,1-3H3. The molecule has 0 amide bonds. The Bertz CT molecular complexity index is 494. The van der Waals surface area contributed by atoms with Crippen LogP contribution >= 0.6 is 7.14 Å². The average Bonchev–Trinajstić information content (AvgIpc) is 2.36. The number of aliphatic hydroxyl groups excluding tert-OH is 1. The Kier molecular flexibility index (Phi) is 6.07. The van der Waals surface area contributed by atoms with E-state index >= 15 is 0 Å². The van der Waals surface area contributed by atoms with Crippen molar-refractivity contribution < 1.29 is 9.67 Å². The minimum atomic E-state index is -2.49. The van der Waals surface area contributed by atoms with Crippen LogP contribution in [0.3, 0.4) is 0 Å². The molecule has 0 fully saturated rings. The van der Waals surface area contributed by atoms with Gasteiger partial charge in [-0.15, -0.1) is 11.5 Å². The van der Waals surface area contributed by atoms with E-state index in [9.17, 15) is 4.57 Å². The van der Waals surface area contributed by atoms with E-state index in [0.29, 0.717) is 18.7 Å². The van der Waals surface area contributed by atoms with Gasteiger partial charge in [0.2, 0.25) is 0 Å². The minimum Gasteiger partial charge on any atom is -0.396 e. The lowest BCUT2D eigenvalue weighted by Gasteiger charge is -2.16. The molecule has 0 bridgehead atoms. The lowest BCUT2D eigenvalue weighted by Crippen LogP contribution is -2.17. The van der Waals surface area contributed by atoms with Gasteiger partial charge >= 0.3 is 0 Å². The first-order chi connectivity index (χ1) is 8.87. The molecule has 0 spiro atoms. The van der Waals surface area contributed by atoms with Crippen LogP contribution in [0.15, 0.2) is 30.3 Å². The monoisotopic (exact) mass is 294 g/mol. The third-order valence-electron chi connectivity index (χ3n) is 2.70. The van der Waals surface area contributed by atoms with Crippen LogP contribution in [-0.2, 0) is 4.57 Å². The highest BCUT2D eigenvalue weighted by molar-refractivity contribution is 7.71. The second-order valence-corrected chi connectivity index (χ2v) is 13.5. The minimum absolute atomic E-state index is 0.0816. The summed E-state index contributed by atoms with van der Waals surface area (Å²) in [6.07, 6.45) is 1.54. The number of aliphatic hydroxyl groups is 1. The van der Waals surface area contributed by atoms with Gasteiger partial charge in [-0.05, 0) is 6.42 Å². The Balaban J connectivity index is 2.94. The number of benzene rings is 1. The van der Waals surface area contributed by atoms with Gasteiger partial charge in [0.25, 0.3) is 0 Å². The van der Waals surface area contributed by atoms with Crippen molar-refractivity contribution in [2.24, 2.45) is 0 Å². The Labute approximate surface area is 117 Å². The summed E-state index contributed by atoms with van der Waals surface area (Å²) in [6.45, 7) is 6.63. The summed E-state index contributed by atoms with van der Waals surface area (Å²) in [5.74, 6) is 3.14. The van der Waals surface area contributed by atoms with E-state index in [1.165, 1.54) is 0 Å². The molecule has 104 valence electrons. The van der Waals surface area contributed by atoms with Crippen LogP contribution < -0.4 is 5.30 Å². The molecule has 1 rings (SSSR count). The largest absolute Gasteiger partial charge is 0.396 e. The van der Waals surface area contributed by atoms with Crippen LogP contribution in [0.5, 0.6) is 0 Å². The van der Waals surface area contributed by atoms with Gasteiger partial charge in [-0.1, -0.05) is 50.0 Å². The molecule has 1 atom stereocenters. The zero-order chi connectivity index (χ0) is 14.4. The maximum absolute atomic E-state index is 13.1. The predicted molar refractivity (Wildman–Crippen MR) is 86.2 cm³/mol. The first kappa shape index (κ1) is 16.2. The summed E-state index contributed by atoms with van der Waals surface area (Å²) in [4.78, 5) is 0. The summed E-state index contributed by atoms with van der Waals surface area (Å²) in [7, 11) is -3.91. The Morgan fingerprint density at radius 1 is 1.21 bits per heavy atom. The summed E-state index contributed by atoms with van der Waals surface area (Å²) >= 11 is 0. The van der Waals surface area contributed by atoms with E-state index < -0.39 is 15.2 Å². The second kappa shape index (κ2) is 7.10. The molecule has 0 aliphatic carbocycles. The van der Waals surface area contributed by atoms with Gasteiger partial charge in [0, 0.05) is 18.1 Å². The highest BCUT2D eigenvalue weighted by Gasteiger charge is 2.23. The molecular formula is C15H23O2PSi. The molecule has 19 heavy (non-hydrogen) atoms. The maximum Gasteiger partial charge on any atom is 0.129 e. The van der Waals surface area contributed by atoms with Crippen LogP contribution in [0.1, 0.15) is 6.42 Å². The highest BCUT2D eigenvalue weighted by Crippen LogP contribution is 2.44. The Morgan fingerprint density at radius 2 is 1.84 bits per heavy atom. The molecule has 0 saturated carbocycles. The van der Waals surface area contributed by atoms with Crippen LogP contribution in [0.25, 0.3) is 0 Å². The third-order valence-corrected chi connectivity index (χ3v) is 6.58. The van der Waals surface area contributed by atoms with E-state index in [0.717, 1.165) is 5.30 Å². The summed E-state index contributed by atoms with van der Waals surface area (Å²) in [5, 5.41) is 9.86. The fourth-order valence-electron chi connectivity index (χ4n) is 1.76. The highest BCUT2D eigenvalue weighted by atomic mass is 31.2. The second-order valence-electron chi connectivity index (χ2n) is 5.74. The van der Waals surface area contributed by atoms with Crippen molar-refractivity contribution in [2.45, 2.75) is 26.1 Å². The Morgan fingerprint density at radius 3 is 2.37 bits per heavy atom. The topological polar surface area (TPSA) is 37.3 Å². The molecule has 1 aromatic rings. The van der Waals surface area contributed by atoms with Gasteiger partial charge in [0.15, 0.2) is 0 Å². The van der Waals surface area contributed by atoms with E-state index in [1.807, 2.05) is 30.3 Å². The van der Waals surface area contributed by atoms with Crippen molar-refractivity contribution in [3.63, 3.8) is 0 Å². The lowest BCUT2D eigenvalue weighted by molar-refractivity contribution is 0.295. The van der Waals surface area contributed by atoms with Crippen molar-refractivity contribution in [3.05, 3.63) is 30.3 Å². The first-order valence-corrected chi connectivity index (χ1v) is 12.2. The molecule has 0 aliphatic heterocycles. The molecule has 4 heteroatoms. The normalized spacial score (nSPS) is 14.3. The quantitative estimate of drug-likeness (QED) is 0.515. The van der Waals surface area contributed by atoms with E-state index in [4.69, 9.17) is 5.11 Å². The molecule has 0 radical (unpaired) electrons. The zero-order valence-corrected chi connectivity index (χ0v) is 13.9. The Hall–Kier alpha value is -0.813. The SMILES string of the molecule is C[Si](C)(C)C#CCP(=O)(CCCO)c1ccccc1. The molecule has 0 saturated heterocycles. The van der Waals surface area contributed by atoms with Crippen molar-refractivity contribution in [2.75, 3.05) is 18.9 Å². The van der Waals surface area contributed by atoms with Crippen LogP contribution in [-0.4, -0.2) is 32.1 Å². The van der Waals surface area contributed by atoms with Gasteiger partial charge in [0.1, 0.15) is 15.2 Å². The van der Waals surface area contributed by atoms with E-state index in [-0.39, 0.29) is 6.61 Å². The van der Waals surface area contributed by atoms with Gasteiger partial charge in [0.05, 0.1) is 6.16 Å². The summed E-state index contributed by atoms with van der Waals surface area (Å²) in [5.41, 5.74) is 3.28. The third kappa shape index (κ3) is 5.78. The number of hydrogen-bond donors (Lipinski definition) is 1. The molecule has 2 nitrogen and oxygen atoms in total. The van der Waals surface area contributed by atoms with E-state index in [1.54, 1.807) is 0 Å². The summed E-state index contributed by atoms with van der Waals surface area (Å²) < 4.78 is 13.1. The van der Waals surface area contributed by atoms with Crippen LogP contribution in [0, 0.1) is 11.5 Å². The van der Waals surface area contributed by atoms with Crippen LogP contribution in [0.2, 0.25) is 19.6 Å². The van der Waals surface area contributed by atoms with Crippen molar-refractivity contribution in [3.8, 4) is 11.5 Å². The summed E-state index contributed by atoms with van der Waals surface area (Å²) in [6, 6.07) is 9.57. The molecule has 1 unspecified atom stereocenters. The molecular weight excluding hydrogens is 271 g/mol. The molecule has 0 heterocycles. The smallest absolute Gasteiger partial charge is 0.129 e. The van der Waals surface area contributed by atoms with Crippen LogP contribution in [0.4, 0.5) is 0 Å². The van der Waals surface area contributed by atoms with Crippen molar-refractivity contribution in [1.29, 1.82) is 0 Å². The fraction of sp³-hybridized carbons (Fsp3) is 0.467. The molecule has 1 aromatic carbocycles. The predicted octanol–water partition coefficient (Wildman–Crippen LogP) is 2.94. The number of rotatable bonds is 5. The van der Waals surface area contributed by atoms with Gasteiger partial charge < -0.3 is 9.67 Å². The lowest BCUT2D eigenvalue weighted by atomic mass is 10.4. The first-order valence-electron chi connectivity index (χ1n) is 6.62. The molecule has 0 aliphatic rings. The average molecular weight is 294 g/mol. The van der Waals surface area contributed by atoms with Crippen molar-refractivity contribution >= 4 is 20.5 Å². The van der Waals surface area contributed by atoms with Gasteiger partial charge in [-0.3, -0.25) is 0 Å². The molecule has 0 aromatic heterocycles. The van der Waals surface area contributed by atoms with E-state index in [2.05, 4.69) is 31.1 Å². The fourth-order valence-corrected chi connectivity index (χ4v) is 4.83. The zero-order valence-electron chi connectivity index (χ0n) is 12.0. The van der Waals surface area contributed by atoms with Crippen molar-refractivity contribution in [1.82, 2.24) is 0 Å². The molecule has 1 N–H and O–H groups in total. The van der Waals surface area contributed by atoms with Gasteiger partial charge in [-0.2, -0.15) is 0 Å². The maximum atomic E-state index is 13.1. The van der Waals surface area contributed by atoms with Gasteiger partial charge in [-0.25, -0.2) is 0 Å².